The van der Waals surface area contributed by atoms with Gasteiger partial charge in [-0.25, -0.2) is 0 Å². The van der Waals surface area contributed by atoms with E-state index in [-0.39, 0.29) is 19.0 Å². The lowest BCUT2D eigenvalue weighted by molar-refractivity contribution is -0.137. The van der Waals surface area contributed by atoms with Crippen molar-refractivity contribution in [1.29, 1.82) is 5.26 Å². The Bertz CT molecular complexity index is 530. The maximum absolute atomic E-state index is 12.1. The van der Waals surface area contributed by atoms with Gasteiger partial charge in [0.05, 0.1) is 17.8 Å². The van der Waals surface area contributed by atoms with Crippen LogP contribution < -0.4 is 4.74 Å². The largest absolute Gasteiger partial charge is 0.480 e. The first-order chi connectivity index (χ1) is 9.52. The van der Waals surface area contributed by atoms with Gasteiger partial charge >= 0.3 is 0 Å². The van der Waals surface area contributed by atoms with Crippen molar-refractivity contribution in [2.45, 2.75) is 25.2 Å². The van der Waals surface area contributed by atoms with Gasteiger partial charge in [0.1, 0.15) is 11.8 Å². The summed E-state index contributed by atoms with van der Waals surface area (Å²) < 4.78 is 5.50. The molecular weight excluding hydrogens is 260 g/mol. The molecule has 2 N–H and O–H groups in total. The number of carbonyl (C=O) groups is 1. The van der Waals surface area contributed by atoms with Crippen LogP contribution >= 0.6 is 0 Å². The predicted octanol–water partition coefficient (Wildman–Crippen LogP) is -0.110. The second kappa shape index (κ2) is 5.90. The summed E-state index contributed by atoms with van der Waals surface area (Å²) in [6, 6.07) is 8.65. The molecule has 1 amide bonds. The van der Waals surface area contributed by atoms with Crippen LogP contribution in [-0.2, 0) is 4.79 Å². The van der Waals surface area contributed by atoms with Crippen LogP contribution in [0.4, 0.5) is 0 Å². The number of ether oxygens (including phenoxy) is 1. The van der Waals surface area contributed by atoms with Gasteiger partial charge in [0.25, 0.3) is 5.91 Å². The Morgan fingerprint density at radius 1 is 1.40 bits per heavy atom. The quantitative estimate of drug-likeness (QED) is 0.803. The van der Waals surface area contributed by atoms with Gasteiger partial charge in [-0.1, -0.05) is 12.1 Å². The Balaban J connectivity index is 2.03. The molecule has 0 saturated carbocycles. The van der Waals surface area contributed by atoms with E-state index in [2.05, 4.69) is 0 Å². The summed E-state index contributed by atoms with van der Waals surface area (Å²) in [6.45, 7) is 1.76. The summed E-state index contributed by atoms with van der Waals surface area (Å²) in [6.07, 6.45) is -2.63. The van der Waals surface area contributed by atoms with Gasteiger partial charge in [0, 0.05) is 13.1 Å². The molecule has 0 aliphatic carbocycles. The lowest BCUT2D eigenvalue weighted by Gasteiger charge is -2.21. The maximum Gasteiger partial charge on any atom is 0.263 e. The molecule has 1 heterocycles. The van der Waals surface area contributed by atoms with Crippen molar-refractivity contribution in [2.75, 3.05) is 13.1 Å². The lowest BCUT2D eigenvalue weighted by Crippen LogP contribution is -2.39. The van der Waals surface area contributed by atoms with Gasteiger partial charge < -0.3 is 19.8 Å². The molecule has 1 aromatic carbocycles. The number of benzene rings is 1. The zero-order valence-corrected chi connectivity index (χ0v) is 11.1. The summed E-state index contributed by atoms with van der Waals surface area (Å²) in [5.74, 6) is 0.0180. The minimum Gasteiger partial charge on any atom is -0.480 e. The summed E-state index contributed by atoms with van der Waals surface area (Å²) in [5.41, 5.74) is 0.355. The second-order valence-corrected chi connectivity index (χ2v) is 4.75. The number of hydrogen-bond acceptors (Lipinski definition) is 5. The van der Waals surface area contributed by atoms with Gasteiger partial charge in [-0.15, -0.1) is 0 Å². The van der Waals surface area contributed by atoms with Crippen LogP contribution in [-0.4, -0.2) is 52.4 Å². The molecular formula is C14H16N2O4. The minimum absolute atomic E-state index is 0.0909. The number of nitriles is 1. The van der Waals surface area contributed by atoms with Crippen LogP contribution in [0.5, 0.6) is 5.75 Å². The van der Waals surface area contributed by atoms with Gasteiger partial charge in [0.15, 0.2) is 6.10 Å². The highest BCUT2D eigenvalue weighted by Gasteiger charge is 2.35. The zero-order chi connectivity index (χ0) is 14.7. The van der Waals surface area contributed by atoms with E-state index >= 15 is 0 Å². The molecule has 6 nitrogen and oxygen atoms in total. The molecule has 1 aliphatic rings. The zero-order valence-electron chi connectivity index (χ0n) is 11.1. The number of aliphatic hydroxyl groups is 2. The summed E-state index contributed by atoms with van der Waals surface area (Å²) in [4.78, 5) is 13.5. The number of aliphatic hydroxyl groups excluding tert-OH is 2. The van der Waals surface area contributed by atoms with Crippen molar-refractivity contribution in [2.24, 2.45) is 0 Å². The Morgan fingerprint density at radius 2 is 2.00 bits per heavy atom. The standard InChI is InChI=1S/C14H16N2O4/c1-9(14(19)16-7-11(17)12(18)8-16)20-13-5-3-2-4-10(13)6-15/h2-5,9,11-12,17-18H,7-8H2,1H3. The van der Waals surface area contributed by atoms with Crippen molar-refractivity contribution in [3.8, 4) is 11.8 Å². The summed E-state index contributed by atoms with van der Waals surface area (Å²) >= 11 is 0. The molecule has 6 heteroatoms. The van der Waals surface area contributed by atoms with Gasteiger partial charge in [-0.05, 0) is 19.1 Å². The van der Waals surface area contributed by atoms with E-state index in [1.807, 2.05) is 6.07 Å². The van der Waals surface area contributed by atoms with Crippen LogP contribution in [0.2, 0.25) is 0 Å². The van der Waals surface area contributed by atoms with E-state index in [9.17, 15) is 15.0 Å². The van der Waals surface area contributed by atoms with Gasteiger partial charge in [-0.3, -0.25) is 4.79 Å². The molecule has 0 radical (unpaired) electrons. The Hall–Kier alpha value is -2.10. The minimum atomic E-state index is -0.919. The van der Waals surface area contributed by atoms with Crippen molar-refractivity contribution < 1.29 is 19.7 Å². The average Bonchev–Trinajstić information content (AvgIpc) is 2.78. The molecule has 20 heavy (non-hydrogen) atoms. The smallest absolute Gasteiger partial charge is 0.263 e. The Labute approximate surface area is 116 Å². The number of nitrogens with zero attached hydrogens (tertiary/aromatic N) is 2. The highest BCUT2D eigenvalue weighted by Crippen LogP contribution is 2.20. The van der Waals surface area contributed by atoms with E-state index in [0.717, 1.165) is 0 Å². The van der Waals surface area contributed by atoms with Crippen molar-refractivity contribution >= 4 is 5.91 Å². The van der Waals surface area contributed by atoms with E-state index in [0.29, 0.717) is 11.3 Å². The maximum atomic E-state index is 12.1. The van der Waals surface area contributed by atoms with E-state index in [1.165, 1.54) is 4.90 Å². The molecule has 3 atom stereocenters. The molecule has 1 fully saturated rings. The fourth-order valence-corrected chi connectivity index (χ4v) is 2.11. The predicted molar refractivity (Wildman–Crippen MR) is 69.8 cm³/mol. The number of rotatable bonds is 3. The van der Waals surface area contributed by atoms with Crippen molar-refractivity contribution in [3.63, 3.8) is 0 Å². The molecule has 0 aromatic heterocycles. The number of likely N-dealkylation sites (tertiary alicyclic amines) is 1. The fourth-order valence-electron chi connectivity index (χ4n) is 2.11. The Kier molecular flexibility index (Phi) is 4.23. The first kappa shape index (κ1) is 14.3. The number of carbonyl (C=O) groups excluding carboxylic acids is 1. The van der Waals surface area contributed by atoms with E-state index < -0.39 is 18.3 Å². The van der Waals surface area contributed by atoms with Crippen LogP contribution in [0.3, 0.4) is 0 Å². The van der Waals surface area contributed by atoms with Crippen molar-refractivity contribution in [1.82, 2.24) is 4.90 Å². The number of β-amino-alcohol motifs (C(OH)–C–C–N with tert-alkyl or cyclic N) is 2. The average molecular weight is 276 g/mol. The first-order valence-corrected chi connectivity index (χ1v) is 6.33. The summed E-state index contributed by atoms with van der Waals surface area (Å²) in [5, 5.41) is 27.8. The van der Waals surface area contributed by atoms with Crippen LogP contribution in [0.15, 0.2) is 24.3 Å². The summed E-state index contributed by atoms with van der Waals surface area (Å²) in [7, 11) is 0. The second-order valence-electron chi connectivity index (χ2n) is 4.75. The van der Waals surface area contributed by atoms with Crippen LogP contribution in [0.25, 0.3) is 0 Å². The SMILES string of the molecule is CC(Oc1ccccc1C#N)C(=O)N1CC(O)C(O)C1. The van der Waals surface area contributed by atoms with Crippen molar-refractivity contribution in [3.05, 3.63) is 29.8 Å². The van der Waals surface area contributed by atoms with Gasteiger partial charge in [0.2, 0.25) is 0 Å². The Morgan fingerprint density at radius 3 is 2.60 bits per heavy atom. The van der Waals surface area contributed by atoms with Crippen LogP contribution in [0.1, 0.15) is 12.5 Å². The molecule has 1 aromatic rings. The van der Waals surface area contributed by atoms with E-state index in [1.54, 1.807) is 31.2 Å². The van der Waals surface area contributed by atoms with Gasteiger partial charge in [-0.2, -0.15) is 5.26 Å². The third-order valence-electron chi connectivity index (χ3n) is 3.23. The molecule has 1 aliphatic heterocycles. The third-order valence-corrected chi connectivity index (χ3v) is 3.23. The lowest BCUT2D eigenvalue weighted by atomic mass is 10.2. The van der Waals surface area contributed by atoms with E-state index in [4.69, 9.17) is 10.00 Å². The molecule has 1 saturated heterocycles. The molecule has 0 bridgehead atoms. The molecule has 2 rings (SSSR count). The number of para-hydroxylation sites is 1. The highest BCUT2D eigenvalue weighted by atomic mass is 16.5. The third kappa shape index (κ3) is 2.90. The topological polar surface area (TPSA) is 93.8 Å². The molecule has 3 unspecified atom stereocenters. The molecule has 106 valence electrons. The molecule has 0 spiro atoms. The highest BCUT2D eigenvalue weighted by molar-refractivity contribution is 5.81. The number of amides is 1. The fraction of sp³-hybridized carbons (Fsp3) is 0.429. The monoisotopic (exact) mass is 276 g/mol. The normalized spacial score (nSPS) is 23.2. The first-order valence-electron chi connectivity index (χ1n) is 6.33. The van der Waals surface area contributed by atoms with Crippen LogP contribution in [0, 0.1) is 11.3 Å². The number of hydrogen-bond donors (Lipinski definition) is 2.